The van der Waals surface area contributed by atoms with E-state index in [1.165, 1.54) is 17.3 Å². The highest BCUT2D eigenvalue weighted by Gasteiger charge is 2.21. The summed E-state index contributed by atoms with van der Waals surface area (Å²) in [7, 11) is 0. The fourth-order valence-electron chi connectivity index (χ4n) is 2.97. The molecule has 0 radical (unpaired) electrons. The van der Waals surface area contributed by atoms with Crippen molar-refractivity contribution >= 4 is 17.5 Å². The Balaban J connectivity index is 1.43. The van der Waals surface area contributed by atoms with Crippen LogP contribution in [-0.2, 0) is 6.42 Å². The van der Waals surface area contributed by atoms with Gasteiger partial charge in [-0.05, 0) is 37.1 Å². The van der Waals surface area contributed by atoms with Gasteiger partial charge in [-0.3, -0.25) is 4.79 Å². The SMILES string of the molecule is CCCc1ccc(C(=O)[C@@H](C)Sc2nnc(-c3ccc4c(c3)OCO4)o2)cc1. The molecule has 1 aromatic heterocycles. The molecule has 7 heteroatoms. The zero-order chi connectivity index (χ0) is 19.5. The summed E-state index contributed by atoms with van der Waals surface area (Å²) in [5.41, 5.74) is 2.68. The van der Waals surface area contributed by atoms with Gasteiger partial charge in [-0.1, -0.05) is 49.4 Å². The molecule has 0 N–H and O–H groups in total. The van der Waals surface area contributed by atoms with Gasteiger partial charge >= 0.3 is 0 Å². The fourth-order valence-corrected chi connectivity index (χ4v) is 3.73. The zero-order valence-electron chi connectivity index (χ0n) is 15.7. The van der Waals surface area contributed by atoms with Crippen molar-refractivity contribution in [2.45, 2.75) is 37.2 Å². The first-order chi connectivity index (χ1) is 13.6. The number of carbonyl (C=O) groups is 1. The molecule has 28 heavy (non-hydrogen) atoms. The second-order valence-electron chi connectivity index (χ2n) is 6.51. The van der Waals surface area contributed by atoms with Crippen molar-refractivity contribution in [2.24, 2.45) is 0 Å². The lowest BCUT2D eigenvalue weighted by atomic mass is 10.0. The number of Topliss-reactive ketones (excluding diaryl/α,β-unsaturated/α-hetero) is 1. The molecule has 2 aromatic carbocycles. The summed E-state index contributed by atoms with van der Waals surface area (Å²) in [5.74, 6) is 1.77. The van der Waals surface area contributed by atoms with Crippen LogP contribution in [0.4, 0.5) is 0 Å². The number of hydrogen-bond donors (Lipinski definition) is 0. The molecule has 1 aliphatic heterocycles. The van der Waals surface area contributed by atoms with E-state index in [1.807, 2.05) is 43.3 Å². The third-order valence-electron chi connectivity index (χ3n) is 4.45. The van der Waals surface area contributed by atoms with Crippen LogP contribution >= 0.6 is 11.8 Å². The maximum atomic E-state index is 12.7. The van der Waals surface area contributed by atoms with Crippen LogP contribution in [0.5, 0.6) is 11.5 Å². The molecule has 4 rings (SSSR count). The molecule has 0 aliphatic carbocycles. The minimum Gasteiger partial charge on any atom is -0.454 e. The van der Waals surface area contributed by atoms with Crippen molar-refractivity contribution in [3.63, 3.8) is 0 Å². The van der Waals surface area contributed by atoms with Gasteiger partial charge in [0.1, 0.15) is 0 Å². The second kappa shape index (κ2) is 8.06. The molecule has 0 spiro atoms. The van der Waals surface area contributed by atoms with Crippen molar-refractivity contribution in [2.75, 3.05) is 6.79 Å². The average molecular weight is 396 g/mol. The second-order valence-corrected chi connectivity index (χ2v) is 7.80. The minimum atomic E-state index is -0.331. The standard InChI is InChI=1S/C21H20N2O4S/c1-3-4-14-5-7-15(8-6-14)19(24)13(2)28-21-23-22-20(27-21)16-9-10-17-18(11-16)26-12-25-17/h5-11,13H,3-4,12H2,1-2H3/t13-/m1/s1. The normalized spacial score (nSPS) is 13.5. The monoisotopic (exact) mass is 396 g/mol. The van der Waals surface area contributed by atoms with E-state index in [1.54, 1.807) is 6.07 Å². The Morgan fingerprint density at radius 2 is 1.89 bits per heavy atom. The molecule has 0 bridgehead atoms. The van der Waals surface area contributed by atoms with Gasteiger partial charge in [0.05, 0.1) is 5.25 Å². The van der Waals surface area contributed by atoms with Crippen LogP contribution in [-0.4, -0.2) is 28.0 Å². The van der Waals surface area contributed by atoms with Gasteiger partial charge in [-0.2, -0.15) is 0 Å². The van der Waals surface area contributed by atoms with E-state index in [0.717, 1.165) is 18.4 Å². The molecule has 0 saturated heterocycles. The van der Waals surface area contributed by atoms with Crippen molar-refractivity contribution in [1.29, 1.82) is 0 Å². The quantitative estimate of drug-likeness (QED) is 0.420. The van der Waals surface area contributed by atoms with E-state index in [2.05, 4.69) is 17.1 Å². The van der Waals surface area contributed by atoms with Gasteiger partial charge in [0, 0.05) is 11.1 Å². The van der Waals surface area contributed by atoms with Gasteiger partial charge in [-0.25, -0.2) is 0 Å². The number of aryl methyl sites for hydroxylation is 1. The molecule has 3 aromatic rings. The Labute approximate surface area is 167 Å². The lowest BCUT2D eigenvalue weighted by molar-refractivity contribution is 0.0993. The summed E-state index contributed by atoms with van der Waals surface area (Å²) in [5, 5.41) is 8.17. The van der Waals surface area contributed by atoms with Gasteiger partial charge in [0.15, 0.2) is 17.3 Å². The summed E-state index contributed by atoms with van der Waals surface area (Å²) in [4.78, 5) is 12.7. The molecule has 1 aliphatic rings. The summed E-state index contributed by atoms with van der Waals surface area (Å²) in [6, 6.07) is 13.2. The molecule has 0 saturated carbocycles. The van der Waals surface area contributed by atoms with Crippen LogP contribution < -0.4 is 9.47 Å². The Morgan fingerprint density at radius 3 is 2.68 bits per heavy atom. The van der Waals surface area contributed by atoms with Crippen molar-refractivity contribution in [3.8, 4) is 23.0 Å². The summed E-state index contributed by atoms with van der Waals surface area (Å²) < 4.78 is 16.4. The van der Waals surface area contributed by atoms with E-state index in [-0.39, 0.29) is 17.8 Å². The zero-order valence-corrected chi connectivity index (χ0v) is 16.5. The molecule has 144 valence electrons. The number of hydrogen-bond acceptors (Lipinski definition) is 7. The van der Waals surface area contributed by atoms with E-state index < -0.39 is 0 Å². The number of ketones is 1. The highest BCUT2D eigenvalue weighted by molar-refractivity contribution is 8.00. The molecule has 1 atom stereocenters. The van der Waals surface area contributed by atoms with Crippen molar-refractivity contribution in [3.05, 3.63) is 53.6 Å². The number of rotatable bonds is 7. The van der Waals surface area contributed by atoms with Crippen molar-refractivity contribution < 1.29 is 18.7 Å². The van der Waals surface area contributed by atoms with Gasteiger partial charge in [0.2, 0.25) is 12.7 Å². The molecular weight excluding hydrogens is 376 g/mol. The molecule has 6 nitrogen and oxygen atoms in total. The average Bonchev–Trinajstić information content (AvgIpc) is 3.37. The van der Waals surface area contributed by atoms with Gasteiger partial charge < -0.3 is 13.9 Å². The molecule has 2 heterocycles. The van der Waals surface area contributed by atoms with E-state index in [4.69, 9.17) is 13.9 Å². The largest absolute Gasteiger partial charge is 0.454 e. The lowest BCUT2D eigenvalue weighted by Crippen LogP contribution is -2.13. The molecule has 0 amide bonds. The Hall–Kier alpha value is -2.80. The summed E-state index contributed by atoms with van der Waals surface area (Å²) >= 11 is 1.26. The Bertz CT molecular complexity index is 984. The Morgan fingerprint density at radius 1 is 1.11 bits per heavy atom. The van der Waals surface area contributed by atoms with E-state index in [0.29, 0.717) is 28.2 Å². The predicted octanol–water partition coefficient (Wildman–Crippen LogP) is 4.78. The summed E-state index contributed by atoms with van der Waals surface area (Å²) in [6.07, 6.45) is 2.10. The van der Waals surface area contributed by atoms with Gasteiger partial charge in [0.25, 0.3) is 5.22 Å². The number of ether oxygens (including phenoxy) is 2. The number of fused-ring (bicyclic) bond motifs is 1. The number of nitrogens with zero attached hydrogens (tertiary/aromatic N) is 2. The third kappa shape index (κ3) is 3.89. The first-order valence-corrected chi connectivity index (χ1v) is 10.1. The van der Waals surface area contributed by atoms with Gasteiger partial charge in [-0.15, -0.1) is 10.2 Å². The minimum absolute atomic E-state index is 0.0378. The van der Waals surface area contributed by atoms with Crippen LogP contribution in [0.15, 0.2) is 52.1 Å². The summed E-state index contributed by atoms with van der Waals surface area (Å²) in [6.45, 7) is 4.19. The molecule has 0 fully saturated rings. The topological polar surface area (TPSA) is 74.5 Å². The van der Waals surface area contributed by atoms with Crippen LogP contribution in [0.25, 0.3) is 11.5 Å². The lowest BCUT2D eigenvalue weighted by Gasteiger charge is -2.08. The molecule has 0 unspecified atom stereocenters. The number of carbonyl (C=O) groups excluding carboxylic acids is 1. The van der Waals surface area contributed by atoms with Crippen LogP contribution in [0.2, 0.25) is 0 Å². The number of aromatic nitrogens is 2. The van der Waals surface area contributed by atoms with Crippen LogP contribution in [0.1, 0.15) is 36.2 Å². The first kappa shape index (κ1) is 18.6. The highest BCUT2D eigenvalue weighted by Crippen LogP contribution is 2.36. The maximum absolute atomic E-state index is 12.7. The van der Waals surface area contributed by atoms with Crippen LogP contribution in [0, 0.1) is 0 Å². The smallest absolute Gasteiger partial charge is 0.277 e. The van der Waals surface area contributed by atoms with E-state index >= 15 is 0 Å². The maximum Gasteiger partial charge on any atom is 0.277 e. The Kier molecular flexibility index (Phi) is 5.34. The number of thioether (sulfide) groups is 1. The van der Waals surface area contributed by atoms with E-state index in [9.17, 15) is 4.79 Å². The highest BCUT2D eigenvalue weighted by atomic mass is 32.2. The predicted molar refractivity (Wildman–Crippen MR) is 106 cm³/mol. The first-order valence-electron chi connectivity index (χ1n) is 9.17. The fraction of sp³-hybridized carbons (Fsp3) is 0.286. The third-order valence-corrected chi connectivity index (χ3v) is 5.38. The molecular formula is C21H20N2O4S. The number of benzene rings is 2. The van der Waals surface area contributed by atoms with Crippen molar-refractivity contribution in [1.82, 2.24) is 10.2 Å². The van der Waals surface area contributed by atoms with Crippen LogP contribution in [0.3, 0.4) is 0 Å².